The number of nitrogens with one attached hydrogen (secondary N) is 2. The van der Waals surface area contributed by atoms with Crippen LogP contribution in [0.5, 0.6) is 0 Å². The van der Waals surface area contributed by atoms with E-state index in [1.807, 2.05) is 24.1 Å². The fourth-order valence-electron chi connectivity index (χ4n) is 5.25. The SMILES string of the molecule is CN[C@@H](C)C(=O)N[C@H](C(=O)N1CCC[C@H]1c1cncc(-c2ccc(F)cc2)c1)C1CCCCC1. The number of benzene rings is 1. The van der Waals surface area contributed by atoms with E-state index in [2.05, 4.69) is 15.6 Å². The lowest BCUT2D eigenvalue weighted by molar-refractivity contribution is -0.139. The third-order valence-electron chi connectivity index (χ3n) is 7.37. The third kappa shape index (κ3) is 5.46. The minimum Gasteiger partial charge on any atom is -0.343 e. The monoisotopic (exact) mass is 466 g/mol. The van der Waals surface area contributed by atoms with Crippen molar-refractivity contribution in [2.24, 2.45) is 5.92 Å². The first-order chi connectivity index (χ1) is 16.5. The summed E-state index contributed by atoms with van der Waals surface area (Å²) in [4.78, 5) is 33.0. The normalized spacial score (nSPS) is 20.7. The molecule has 2 amide bonds. The van der Waals surface area contributed by atoms with Gasteiger partial charge >= 0.3 is 0 Å². The summed E-state index contributed by atoms with van der Waals surface area (Å²) in [5.74, 6) is -0.233. The lowest BCUT2D eigenvalue weighted by Crippen LogP contribution is -2.55. The fraction of sp³-hybridized carbons (Fsp3) is 0.519. The van der Waals surface area contributed by atoms with Crippen molar-refractivity contribution in [1.82, 2.24) is 20.5 Å². The number of likely N-dealkylation sites (N-methyl/N-ethyl adjacent to an activating group) is 1. The van der Waals surface area contributed by atoms with Crippen LogP contribution >= 0.6 is 0 Å². The van der Waals surface area contributed by atoms with Gasteiger partial charge in [0.15, 0.2) is 0 Å². The van der Waals surface area contributed by atoms with E-state index < -0.39 is 6.04 Å². The highest BCUT2D eigenvalue weighted by Gasteiger charge is 2.39. The standard InChI is InChI=1S/C27H35FN4O2/c1-18(29-2)26(33)31-25(20-7-4-3-5-8-20)27(34)32-14-6-9-24(32)22-15-21(16-30-17-22)19-10-12-23(28)13-11-19/h10-13,15-18,20,24-25,29H,3-9,14H2,1-2H3,(H,31,33)/t18-,24-,25-/m0/s1. The number of nitrogens with zero attached hydrogens (tertiary/aromatic N) is 2. The summed E-state index contributed by atoms with van der Waals surface area (Å²) < 4.78 is 13.4. The molecule has 0 spiro atoms. The van der Waals surface area contributed by atoms with Gasteiger partial charge in [-0.05, 0) is 74.9 Å². The Kier molecular flexibility index (Phi) is 7.93. The number of carbonyl (C=O) groups excluding carboxylic acids is 2. The largest absolute Gasteiger partial charge is 0.343 e. The molecule has 7 heteroatoms. The van der Waals surface area contributed by atoms with Crippen LogP contribution in [0.3, 0.4) is 0 Å². The Morgan fingerprint density at radius 1 is 1.03 bits per heavy atom. The van der Waals surface area contributed by atoms with E-state index in [1.165, 1.54) is 18.6 Å². The van der Waals surface area contributed by atoms with Crippen molar-refractivity contribution in [2.75, 3.05) is 13.6 Å². The Hall–Kier alpha value is -2.80. The molecule has 1 aromatic carbocycles. The van der Waals surface area contributed by atoms with Crippen molar-refractivity contribution in [1.29, 1.82) is 0 Å². The van der Waals surface area contributed by atoms with Gasteiger partial charge in [-0.15, -0.1) is 0 Å². The molecule has 2 fully saturated rings. The molecular formula is C27H35FN4O2. The van der Waals surface area contributed by atoms with Crippen LogP contribution in [-0.2, 0) is 9.59 Å². The molecule has 6 nitrogen and oxygen atoms in total. The Balaban J connectivity index is 1.57. The number of hydrogen-bond acceptors (Lipinski definition) is 4. The van der Waals surface area contributed by atoms with E-state index in [9.17, 15) is 14.0 Å². The van der Waals surface area contributed by atoms with Crippen molar-refractivity contribution in [3.63, 3.8) is 0 Å². The van der Waals surface area contributed by atoms with Crippen LogP contribution in [0, 0.1) is 11.7 Å². The number of aromatic nitrogens is 1. The zero-order chi connectivity index (χ0) is 24.1. The molecule has 2 heterocycles. The van der Waals surface area contributed by atoms with Crippen LogP contribution in [0.2, 0.25) is 0 Å². The summed E-state index contributed by atoms with van der Waals surface area (Å²) in [5, 5.41) is 6.06. The van der Waals surface area contributed by atoms with Crippen molar-refractivity contribution in [3.8, 4) is 11.1 Å². The van der Waals surface area contributed by atoms with Gasteiger partial charge in [0, 0.05) is 24.5 Å². The van der Waals surface area contributed by atoms with Crippen molar-refractivity contribution >= 4 is 11.8 Å². The average molecular weight is 467 g/mol. The zero-order valence-corrected chi connectivity index (χ0v) is 20.1. The summed E-state index contributed by atoms with van der Waals surface area (Å²) >= 11 is 0. The van der Waals surface area contributed by atoms with E-state index in [-0.39, 0.29) is 35.6 Å². The van der Waals surface area contributed by atoms with E-state index in [1.54, 1.807) is 25.4 Å². The van der Waals surface area contributed by atoms with Gasteiger partial charge in [0.2, 0.25) is 11.8 Å². The van der Waals surface area contributed by atoms with Gasteiger partial charge in [0.05, 0.1) is 12.1 Å². The second-order valence-electron chi connectivity index (χ2n) is 9.60. The van der Waals surface area contributed by atoms with Gasteiger partial charge < -0.3 is 15.5 Å². The molecule has 34 heavy (non-hydrogen) atoms. The number of pyridine rings is 1. The third-order valence-corrected chi connectivity index (χ3v) is 7.37. The Labute approximate surface area is 201 Å². The molecule has 3 atom stereocenters. The second-order valence-corrected chi connectivity index (χ2v) is 9.60. The minimum absolute atomic E-state index is 0.0123. The molecule has 0 unspecified atom stereocenters. The maximum Gasteiger partial charge on any atom is 0.245 e. The van der Waals surface area contributed by atoms with Gasteiger partial charge in [-0.25, -0.2) is 4.39 Å². The van der Waals surface area contributed by atoms with Gasteiger partial charge in [0.25, 0.3) is 0 Å². The number of rotatable bonds is 7. The molecule has 4 rings (SSSR count). The second kappa shape index (κ2) is 11.1. The Bertz CT molecular complexity index is 990. The lowest BCUT2D eigenvalue weighted by atomic mass is 9.83. The highest BCUT2D eigenvalue weighted by molar-refractivity contribution is 5.90. The first kappa shape index (κ1) is 24.3. The van der Waals surface area contributed by atoms with Gasteiger partial charge in [0.1, 0.15) is 11.9 Å². The van der Waals surface area contributed by atoms with Crippen molar-refractivity contribution in [2.45, 2.75) is 70.0 Å². The van der Waals surface area contributed by atoms with Gasteiger partial charge in [-0.1, -0.05) is 31.4 Å². The predicted octanol–water partition coefficient (Wildman–Crippen LogP) is 4.22. The average Bonchev–Trinajstić information content (AvgIpc) is 3.37. The molecule has 1 aromatic heterocycles. The minimum atomic E-state index is -0.502. The van der Waals surface area contributed by atoms with Crippen LogP contribution < -0.4 is 10.6 Å². The van der Waals surface area contributed by atoms with Crippen molar-refractivity contribution < 1.29 is 14.0 Å². The fourth-order valence-corrected chi connectivity index (χ4v) is 5.25. The molecule has 1 aliphatic heterocycles. The highest BCUT2D eigenvalue weighted by Crippen LogP contribution is 2.36. The number of carbonyl (C=O) groups is 2. The number of hydrogen-bond donors (Lipinski definition) is 2. The summed E-state index contributed by atoms with van der Waals surface area (Å²) in [6.07, 6.45) is 10.7. The molecule has 2 N–H and O–H groups in total. The molecule has 1 saturated heterocycles. The Morgan fingerprint density at radius 2 is 1.76 bits per heavy atom. The van der Waals surface area contributed by atoms with E-state index in [0.29, 0.717) is 6.54 Å². The molecule has 182 valence electrons. The summed E-state index contributed by atoms with van der Waals surface area (Å²) in [7, 11) is 1.75. The number of amides is 2. The van der Waals surface area contributed by atoms with Crippen LogP contribution in [0.1, 0.15) is 63.5 Å². The van der Waals surface area contributed by atoms with E-state index >= 15 is 0 Å². The van der Waals surface area contributed by atoms with Crippen LogP contribution in [0.4, 0.5) is 4.39 Å². The molecule has 0 bridgehead atoms. The maximum absolute atomic E-state index is 13.9. The molecular weight excluding hydrogens is 431 g/mol. The van der Waals surface area contributed by atoms with Gasteiger partial charge in [-0.2, -0.15) is 0 Å². The van der Waals surface area contributed by atoms with Crippen LogP contribution in [-0.4, -0.2) is 47.4 Å². The van der Waals surface area contributed by atoms with Crippen LogP contribution in [0.15, 0.2) is 42.7 Å². The molecule has 2 aromatic rings. The van der Waals surface area contributed by atoms with Crippen LogP contribution in [0.25, 0.3) is 11.1 Å². The number of likely N-dealkylation sites (tertiary alicyclic amines) is 1. The first-order valence-electron chi connectivity index (χ1n) is 12.5. The zero-order valence-electron chi connectivity index (χ0n) is 20.1. The van der Waals surface area contributed by atoms with Crippen molar-refractivity contribution in [3.05, 3.63) is 54.1 Å². The summed E-state index contributed by atoms with van der Waals surface area (Å²) in [6.45, 7) is 2.48. The topological polar surface area (TPSA) is 74.3 Å². The highest BCUT2D eigenvalue weighted by atomic mass is 19.1. The maximum atomic E-state index is 13.9. The quantitative estimate of drug-likeness (QED) is 0.641. The summed E-state index contributed by atoms with van der Waals surface area (Å²) in [5.41, 5.74) is 2.77. The predicted molar refractivity (Wildman–Crippen MR) is 130 cm³/mol. The lowest BCUT2D eigenvalue weighted by Gasteiger charge is -2.35. The molecule has 1 saturated carbocycles. The van der Waals surface area contributed by atoms with E-state index in [0.717, 1.165) is 55.2 Å². The smallest absolute Gasteiger partial charge is 0.245 e. The van der Waals surface area contributed by atoms with E-state index in [4.69, 9.17) is 0 Å². The molecule has 1 aliphatic carbocycles. The number of halogens is 1. The molecule has 0 radical (unpaired) electrons. The molecule has 2 aliphatic rings. The first-order valence-corrected chi connectivity index (χ1v) is 12.5. The van der Waals surface area contributed by atoms with Gasteiger partial charge in [-0.3, -0.25) is 14.6 Å². The summed E-state index contributed by atoms with van der Waals surface area (Å²) in [6, 6.07) is 7.48. The Morgan fingerprint density at radius 3 is 2.47 bits per heavy atom.